The Morgan fingerprint density at radius 1 is 1.18 bits per heavy atom. The zero-order chi connectivity index (χ0) is 15.7. The number of nitrogens with zero attached hydrogens (tertiary/aromatic N) is 5. The number of nitrogens with one attached hydrogen (secondary N) is 1. The van der Waals surface area contributed by atoms with Crippen LogP contribution in [0.3, 0.4) is 0 Å². The molecule has 0 spiro atoms. The third-order valence-corrected chi connectivity index (χ3v) is 5.51. The Morgan fingerprint density at radius 2 is 1.91 bits per heavy atom. The Balaban J connectivity index is 1.68. The van der Waals surface area contributed by atoms with Crippen molar-refractivity contribution < 1.29 is 4.79 Å². The predicted octanol–water partition coefficient (Wildman–Crippen LogP) is 1.62. The molecule has 2 aromatic heterocycles. The molecule has 22 heavy (non-hydrogen) atoms. The Morgan fingerprint density at radius 3 is 2.50 bits per heavy atom. The molecule has 1 aliphatic rings. The van der Waals surface area contributed by atoms with Crippen molar-refractivity contribution in [3.05, 3.63) is 16.3 Å². The minimum absolute atomic E-state index is 0.0590. The molecule has 1 saturated heterocycles. The number of hydrogen-bond donors (Lipinski definition) is 1. The Kier molecular flexibility index (Phi) is 4.25. The Hall–Kier alpha value is -1.74. The van der Waals surface area contributed by atoms with Crippen LogP contribution in [-0.2, 0) is 0 Å². The summed E-state index contributed by atoms with van der Waals surface area (Å²) < 4.78 is 4.27. The van der Waals surface area contributed by atoms with Crippen molar-refractivity contribution in [2.45, 2.75) is 13.8 Å². The molecule has 7 nitrogen and oxygen atoms in total. The van der Waals surface area contributed by atoms with Crippen LogP contribution in [-0.4, -0.2) is 58.6 Å². The molecular weight excluding hydrogens is 320 g/mol. The second kappa shape index (κ2) is 6.17. The molecule has 0 aliphatic carbocycles. The topological polar surface area (TPSA) is 74.2 Å². The average Bonchev–Trinajstić information content (AvgIpc) is 3.12. The standard InChI is InChI=1S/C13H18N6OS2/c1-8-10(11(14-3)22-17-8)12(20)18-4-6-19(7-5-18)13-16-15-9(2)21-13/h14H,4-7H2,1-3H3. The molecule has 2 aromatic rings. The van der Waals surface area contributed by atoms with E-state index in [0.29, 0.717) is 18.7 Å². The number of carbonyl (C=O) groups is 1. The molecule has 1 N–H and O–H groups in total. The quantitative estimate of drug-likeness (QED) is 0.917. The highest BCUT2D eigenvalue weighted by Crippen LogP contribution is 2.26. The summed E-state index contributed by atoms with van der Waals surface area (Å²) in [5, 5.41) is 14.0. The van der Waals surface area contributed by atoms with E-state index in [4.69, 9.17) is 0 Å². The predicted molar refractivity (Wildman–Crippen MR) is 89.2 cm³/mol. The van der Waals surface area contributed by atoms with Gasteiger partial charge >= 0.3 is 0 Å². The highest BCUT2D eigenvalue weighted by Gasteiger charge is 2.27. The van der Waals surface area contributed by atoms with Crippen molar-refractivity contribution in [1.29, 1.82) is 0 Å². The number of carbonyl (C=O) groups excluding carboxylic acids is 1. The zero-order valence-corrected chi connectivity index (χ0v) is 14.4. The van der Waals surface area contributed by atoms with Gasteiger partial charge in [-0.2, -0.15) is 4.37 Å². The van der Waals surface area contributed by atoms with Gasteiger partial charge < -0.3 is 15.1 Å². The lowest BCUT2D eigenvalue weighted by Gasteiger charge is -2.34. The number of hydrogen-bond acceptors (Lipinski definition) is 8. The second-order valence-corrected chi connectivity index (χ2v) is 7.04. The first-order chi connectivity index (χ1) is 10.6. The van der Waals surface area contributed by atoms with Gasteiger partial charge in [0.15, 0.2) is 0 Å². The highest BCUT2D eigenvalue weighted by atomic mass is 32.1. The summed E-state index contributed by atoms with van der Waals surface area (Å²) in [6.07, 6.45) is 0. The number of anilines is 2. The molecule has 1 aliphatic heterocycles. The molecule has 3 heterocycles. The summed E-state index contributed by atoms with van der Waals surface area (Å²) >= 11 is 2.93. The Labute approximate surface area is 137 Å². The van der Waals surface area contributed by atoms with Crippen LogP contribution in [0.5, 0.6) is 0 Å². The number of aryl methyl sites for hydroxylation is 2. The van der Waals surface area contributed by atoms with Crippen molar-refractivity contribution in [1.82, 2.24) is 19.5 Å². The molecule has 1 amide bonds. The third-order valence-electron chi connectivity index (χ3n) is 3.66. The summed E-state index contributed by atoms with van der Waals surface area (Å²) in [5.74, 6) is 0.0590. The first-order valence-electron chi connectivity index (χ1n) is 7.08. The van der Waals surface area contributed by atoms with E-state index in [0.717, 1.165) is 33.9 Å². The monoisotopic (exact) mass is 338 g/mol. The zero-order valence-electron chi connectivity index (χ0n) is 12.8. The van der Waals surface area contributed by atoms with Crippen LogP contribution in [0.15, 0.2) is 0 Å². The molecule has 9 heteroatoms. The van der Waals surface area contributed by atoms with Crippen molar-refractivity contribution in [2.75, 3.05) is 43.4 Å². The average molecular weight is 338 g/mol. The van der Waals surface area contributed by atoms with E-state index in [1.54, 1.807) is 11.3 Å². The van der Waals surface area contributed by atoms with Gasteiger partial charge in [-0.05, 0) is 25.4 Å². The van der Waals surface area contributed by atoms with Crippen LogP contribution in [0, 0.1) is 13.8 Å². The molecule has 0 atom stereocenters. The maximum Gasteiger partial charge on any atom is 0.258 e. The normalized spacial score (nSPS) is 15.2. The maximum atomic E-state index is 12.7. The van der Waals surface area contributed by atoms with E-state index in [1.807, 2.05) is 25.8 Å². The lowest BCUT2D eigenvalue weighted by atomic mass is 10.2. The van der Waals surface area contributed by atoms with Crippen LogP contribution in [0.25, 0.3) is 0 Å². The van der Waals surface area contributed by atoms with Gasteiger partial charge in [-0.25, -0.2) is 0 Å². The van der Waals surface area contributed by atoms with E-state index in [1.165, 1.54) is 11.5 Å². The molecule has 0 saturated carbocycles. The van der Waals surface area contributed by atoms with Crippen molar-refractivity contribution >= 4 is 38.9 Å². The van der Waals surface area contributed by atoms with E-state index in [2.05, 4.69) is 24.8 Å². The number of rotatable bonds is 3. The fourth-order valence-corrected chi connectivity index (χ4v) is 3.94. The van der Waals surface area contributed by atoms with Gasteiger partial charge in [0.2, 0.25) is 5.13 Å². The fraction of sp³-hybridized carbons (Fsp3) is 0.538. The van der Waals surface area contributed by atoms with E-state index in [9.17, 15) is 4.79 Å². The SMILES string of the molecule is CNc1snc(C)c1C(=O)N1CCN(c2nnc(C)s2)CC1. The summed E-state index contributed by atoms with van der Waals surface area (Å²) in [4.78, 5) is 16.8. The lowest BCUT2D eigenvalue weighted by molar-refractivity contribution is 0.0747. The fourth-order valence-electron chi connectivity index (χ4n) is 2.47. The van der Waals surface area contributed by atoms with Gasteiger partial charge in [0.25, 0.3) is 5.91 Å². The van der Waals surface area contributed by atoms with Crippen molar-refractivity contribution in [2.24, 2.45) is 0 Å². The van der Waals surface area contributed by atoms with E-state index >= 15 is 0 Å². The Bertz CT molecular complexity index is 674. The van der Waals surface area contributed by atoms with Gasteiger partial charge in [0.1, 0.15) is 10.0 Å². The minimum atomic E-state index is 0.0590. The van der Waals surface area contributed by atoms with Gasteiger partial charge in [0.05, 0.1) is 11.3 Å². The number of aromatic nitrogens is 3. The van der Waals surface area contributed by atoms with Crippen LogP contribution in [0.4, 0.5) is 10.1 Å². The summed E-state index contributed by atoms with van der Waals surface area (Å²) in [7, 11) is 1.82. The summed E-state index contributed by atoms with van der Waals surface area (Å²) in [6, 6.07) is 0. The van der Waals surface area contributed by atoms with Crippen LogP contribution < -0.4 is 10.2 Å². The maximum absolute atomic E-state index is 12.7. The van der Waals surface area contributed by atoms with Gasteiger partial charge in [-0.15, -0.1) is 10.2 Å². The van der Waals surface area contributed by atoms with E-state index < -0.39 is 0 Å². The largest absolute Gasteiger partial charge is 0.378 e. The number of amides is 1. The van der Waals surface area contributed by atoms with Crippen LogP contribution >= 0.6 is 22.9 Å². The molecule has 0 aromatic carbocycles. The molecule has 3 rings (SSSR count). The van der Waals surface area contributed by atoms with Crippen LogP contribution in [0.2, 0.25) is 0 Å². The minimum Gasteiger partial charge on any atom is -0.378 e. The molecule has 118 valence electrons. The van der Waals surface area contributed by atoms with Crippen molar-refractivity contribution in [3.63, 3.8) is 0 Å². The van der Waals surface area contributed by atoms with E-state index in [-0.39, 0.29) is 5.91 Å². The second-order valence-electron chi connectivity index (χ2n) is 5.11. The first-order valence-corrected chi connectivity index (χ1v) is 8.67. The number of piperazine rings is 1. The first kappa shape index (κ1) is 15.2. The van der Waals surface area contributed by atoms with Gasteiger partial charge in [-0.3, -0.25) is 4.79 Å². The molecule has 0 bridgehead atoms. The summed E-state index contributed by atoms with van der Waals surface area (Å²) in [5.41, 5.74) is 1.49. The van der Waals surface area contributed by atoms with Crippen molar-refractivity contribution in [3.8, 4) is 0 Å². The smallest absolute Gasteiger partial charge is 0.258 e. The molecule has 0 radical (unpaired) electrons. The summed E-state index contributed by atoms with van der Waals surface area (Å²) in [6.45, 7) is 6.78. The third kappa shape index (κ3) is 2.78. The molecule has 1 fully saturated rings. The molecule has 0 unspecified atom stereocenters. The van der Waals surface area contributed by atoms with Gasteiger partial charge in [0, 0.05) is 33.2 Å². The highest BCUT2D eigenvalue weighted by molar-refractivity contribution is 7.15. The lowest BCUT2D eigenvalue weighted by Crippen LogP contribution is -2.49. The molecular formula is C13H18N6OS2. The van der Waals surface area contributed by atoms with Crippen LogP contribution in [0.1, 0.15) is 21.1 Å². The van der Waals surface area contributed by atoms with Gasteiger partial charge in [-0.1, -0.05) is 11.3 Å².